The Labute approximate surface area is 122 Å². The number of hydrazine groups is 1. The number of para-hydroxylation sites is 1. The molecule has 0 unspecified atom stereocenters. The van der Waals surface area contributed by atoms with Gasteiger partial charge in [-0.25, -0.2) is 5.84 Å². The lowest BCUT2D eigenvalue weighted by Crippen LogP contribution is -2.46. The van der Waals surface area contributed by atoms with Crippen LogP contribution < -0.4 is 16.2 Å². The molecular formula is C13H18N6S. The van der Waals surface area contributed by atoms with Gasteiger partial charge in [-0.1, -0.05) is 22.7 Å². The van der Waals surface area contributed by atoms with Gasteiger partial charge in [0.2, 0.25) is 0 Å². The lowest BCUT2D eigenvalue weighted by atomic mass is 10.2. The molecule has 2 heterocycles. The van der Waals surface area contributed by atoms with Gasteiger partial charge in [0.1, 0.15) is 10.7 Å². The second kappa shape index (κ2) is 6.17. The van der Waals surface area contributed by atoms with E-state index in [1.165, 1.54) is 17.2 Å². The van der Waals surface area contributed by atoms with Crippen LogP contribution in [0.3, 0.4) is 0 Å². The van der Waals surface area contributed by atoms with Crippen LogP contribution in [0.1, 0.15) is 5.69 Å². The summed E-state index contributed by atoms with van der Waals surface area (Å²) in [5, 5.41) is 4.99. The van der Waals surface area contributed by atoms with Crippen LogP contribution in [-0.2, 0) is 6.54 Å². The maximum atomic E-state index is 5.45. The predicted octanol–water partition coefficient (Wildman–Crippen LogP) is 1.15. The van der Waals surface area contributed by atoms with Gasteiger partial charge in [-0.3, -0.25) is 4.90 Å². The van der Waals surface area contributed by atoms with E-state index in [9.17, 15) is 0 Å². The highest BCUT2D eigenvalue weighted by Gasteiger charge is 2.19. The van der Waals surface area contributed by atoms with E-state index in [0.717, 1.165) is 43.4 Å². The predicted molar refractivity (Wildman–Crippen MR) is 81.7 cm³/mol. The van der Waals surface area contributed by atoms with E-state index in [4.69, 9.17) is 5.84 Å². The second-order valence-corrected chi connectivity index (χ2v) is 5.55. The normalized spacial score (nSPS) is 16.4. The summed E-state index contributed by atoms with van der Waals surface area (Å²) in [4.78, 5) is 4.80. The van der Waals surface area contributed by atoms with Gasteiger partial charge in [0.15, 0.2) is 0 Å². The number of nitrogens with one attached hydrogen (secondary N) is 1. The molecule has 0 radical (unpaired) electrons. The topological polar surface area (TPSA) is 70.3 Å². The Balaban J connectivity index is 1.56. The maximum absolute atomic E-state index is 5.45. The van der Waals surface area contributed by atoms with Crippen molar-refractivity contribution in [3.05, 3.63) is 36.0 Å². The Hall–Kier alpha value is -1.70. The van der Waals surface area contributed by atoms with Gasteiger partial charge in [0.25, 0.3) is 0 Å². The molecular weight excluding hydrogens is 272 g/mol. The van der Waals surface area contributed by atoms with Crippen LogP contribution in [-0.4, -0.2) is 40.7 Å². The molecule has 1 fully saturated rings. The van der Waals surface area contributed by atoms with Gasteiger partial charge in [0.05, 0.1) is 0 Å². The molecule has 7 heteroatoms. The Kier molecular flexibility index (Phi) is 4.10. The lowest BCUT2D eigenvalue weighted by molar-refractivity contribution is 0.247. The van der Waals surface area contributed by atoms with Crippen LogP contribution >= 0.6 is 11.5 Å². The van der Waals surface area contributed by atoms with Gasteiger partial charge >= 0.3 is 0 Å². The minimum Gasteiger partial charge on any atom is -0.369 e. The van der Waals surface area contributed by atoms with Crippen molar-refractivity contribution >= 4 is 22.2 Å². The number of rotatable bonds is 4. The average molecular weight is 290 g/mol. The van der Waals surface area contributed by atoms with Crippen molar-refractivity contribution in [1.29, 1.82) is 0 Å². The van der Waals surface area contributed by atoms with Crippen molar-refractivity contribution in [2.75, 3.05) is 36.5 Å². The third-order valence-electron chi connectivity index (χ3n) is 3.55. The van der Waals surface area contributed by atoms with E-state index in [1.807, 2.05) is 0 Å². The van der Waals surface area contributed by atoms with Crippen LogP contribution in [0.5, 0.6) is 0 Å². The molecule has 3 rings (SSSR count). The molecule has 1 aromatic heterocycles. The maximum Gasteiger partial charge on any atom is 0.148 e. The summed E-state index contributed by atoms with van der Waals surface area (Å²) in [6, 6.07) is 10.5. The first-order valence-electron chi connectivity index (χ1n) is 6.67. The van der Waals surface area contributed by atoms with Crippen molar-refractivity contribution in [2.24, 2.45) is 5.84 Å². The lowest BCUT2D eigenvalue weighted by Gasteiger charge is -2.35. The molecule has 3 N–H and O–H groups in total. The van der Waals surface area contributed by atoms with Crippen LogP contribution in [0.15, 0.2) is 30.3 Å². The monoisotopic (exact) mass is 290 g/mol. The smallest absolute Gasteiger partial charge is 0.148 e. The summed E-state index contributed by atoms with van der Waals surface area (Å²) in [7, 11) is 0. The summed E-state index contributed by atoms with van der Waals surface area (Å²) in [6.45, 7) is 4.92. The van der Waals surface area contributed by atoms with E-state index in [2.05, 4.69) is 55.1 Å². The van der Waals surface area contributed by atoms with E-state index in [-0.39, 0.29) is 0 Å². The summed E-state index contributed by atoms with van der Waals surface area (Å²) in [6.07, 6.45) is 0. The third-order valence-corrected chi connectivity index (χ3v) is 4.25. The second-order valence-electron chi connectivity index (χ2n) is 4.79. The minimum atomic E-state index is 0.804. The highest BCUT2D eigenvalue weighted by atomic mass is 32.1. The van der Waals surface area contributed by atoms with E-state index in [1.54, 1.807) is 0 Å². The highest BCUT2D eigenvalue weighted by molar-refractivity contribution is 7.10. The minimum absolute atomic E-state index is 0.804. The fourth-order valence-corrected chi connectivity index (χ4v) is 2.92. The number of nitrogens with two attached hydrogens (primary N) is 1. The molecule has 0 aliphatic carbocycles. The number of piperazine rings is 1. The Bertz CT molecular complexity index is 535. The van der Waals surface area contributed by atoms with E-state index >= 15 is 0 Å². The van der Waals surface area contributed by atoms with Crippen LogP contribution in [0, 0.1) is 0 Å². The van der Waals surface area contributed by atoms with Crippen molar-refractivity contribution in [3.63, 3.8) is 0 Å². The number of benzene rings is 1. The van der Waals surface area contributed by atoms with Gasteiger partial charge in [-0.2, -0.15) is 0 Å². The summed E-state index contributed by atoms with van der Waals surface area (Å²) >= 11 is 1.30. The van der Waals surface area contributed by atoms with Crippen LogP contribution in [0.2, 0.25) is 0 Å². The average Bonchev–Trinajstić information content (AvgIpc) is 2.96. The fraction of sp³-hybridized carbons (Fsp3) is 0.385. The van der Waals surface area contributed by atoms with Gasteiger partial charge < -0.3 is 10.3 Å². The molecule has 20 heavy (non-hydrogen) atoms. The third kappa shape index (κ3) is 2.90. The summed E-state index contributed by atoms with van der Waals surface area (Å²) in [5.41, 5.74) is 4.89. The number of nitrogens with zero attached hydrogens (tertiary/aromatic N) is 4. The summed E-state index contributed by atoms with van der Waals surface area (Å²) in [5.74, 6) is 5.45. The van der Waals surface area contributed by atoms with Crippen LogP contribution in [0.25, 0.3) is 0 Å². The first-order valence-corrected chi connectivity index (χ1v) is 7.44. The largest absolute Gasteiger partial charge is 0.369 e. The molecule has 1 saturated heterocycles. The first kappa shape index (κ1) is 13.3. The molecule has 1 aliphatic rings. The Morgan fingerprint density at radius 1 is 1.15 bits per heavy atom. The van der Waals surface area contributed by atoms with E-state index in [0.29, 0.717) is 0 Å². The molecule has 0 saturated carbocycles. The molecule has 0 bridgehead atoms. The molecule has 0 amide bonds. The molecule has 1 aliphatic heterocycles. The van der Waals surface area contributed by atoms with Crippen LogP contribution in [0.4, 0.5) is 10.7 Å². The van der Waals surface area contributed by atoms with E-state index < -0.39 is 0 Å². The molecule has 2 aromatic rings. The number of anilines is 2. The molecule has 0 atom stereocenters. The standard InChI is InChI=1S/C13H18N6S/c14-15-13-12(16-17-20-13)10-18-6-8-19(9-7-18)11-4-2-1-3-5-11/h1-5,15H,6-10,14H2. The zero-order valence-corrected chi connectivity index (χ0v) is 12.0. The van der Waals surface area contributed by atoms with Gasteiger partial charge in [-0.05, 0) is 12.1 Å². The molecule has 0 spiro atoms. The zero-order chi connectivity index (χ0) is 13.8. The number of hydrogen-bond acceptors (Lipinski definition) is 7. The molecule has 106 valence electrons. The Morgan fingerprint density at radius 2 is 1.90 bits per heavy atom. The van der Waals surface area contributed by atoms with Crippen molar-refractivity contribution in [2.45, 2.75) is 6.54 Å². The first-order chi connectivity index (χ1) is 9.86. The number of aromatic nitrogens is 2. The molecule has 1 aromatic carbocycles. The number of nitrogen functional groups attached to an aromatic ring is 1. The number of hydrogen-bond donors (Lipinski definition) is 2. The van der Waals surface area contributed by atoms with Gasteiger partial charge in [-0.15, -0.1) is 5.10 Å². The zero-order valence-electron chi connectivity index (χ0n) is 11.2. The SMILES string of the molecule is NNc1snnc1CN1CCN(c2ccccc2)CC1. The van der Waals surface area contributed by atoms with Crippen molar-refractivity contribution in [1.82, 2.24) is 14.5 Å². The Morgan fingerprint density at radius 3 is 2.60 bits per heavy atom. The highest BCUT2D eigenvalue weighted by Crippen LogP contribution is 2.20. The van der Waals surface area contributed by atoms with Gasteiger partial charge in [0, 0.05) is 49.9 Å². The molecule has 6 nitrogen and oxygen atoms in total. The van der Waals surface area contributed by atoms with Crippen molar-refractivity contribution in [3.8, 4) is 0 Å². The summed E-state index contributed by atoms with van der Waals surface area (Å²) < 4.78 is 3.93. The fourth-order valence-electron chi connectivity index (χ4n) is 2.44. The van der Waals surface area contributed by atoms with Crippen molar-refractivity contribution < 1.29 is 0 Å². The quantitative estimate of drug-likeness (QED) is 0.650.